The van der Waals surface area contributed by atoms with Crippen LogP contribution >= 0.6 is 11.3 Å². The van der Waals surface area contributed by atoms with Crippen molar-refractivity contribution in [3.8, 4) is 0 Å². The fourth-order valence-electron chi connectivity index (χ4n) is 1.55. The van der Waals surface area contributed by atoms with E-state index in [9.17, 15) is 0 Å². The van der Waals surface area contributed by atoms with E-state index in [1.165, 1.54) is 4.88 Å². The summed E-state index contributed by atoms with van der Waals surface area (Å²) in [6.45, 7) is 0.857. The molecule has 0 aliphatic carbocycles. The molecule has 1 saturated heterocycles. The van der Waals surface area contributed by atoms with Crippen molar-refractivity contribution in [2.75, 3.05) is 6.61 Å². The first-order valence-corrected chi connectivity index (χ1v) is 5.16. The first kappa shape index (κ1) is 8.23. The number of ether oxygens (including phenoxy) is 1. The maximum Gasteiger partial charge on any atom is 0.107 e. The molecule has 2 unspecified atom stereocenters. The van der Waals surface area contributed by atoms with E-state index in [1.807, 2.05) is 6.07 Å². The van der Waals surface area contributed by atoms with Crippen LogP contribution in [0.2, 0.25) is 0 Å². The highest BCUT2D eigenvalue weighted by atomic mass is 32.1. The van der Waals surface area contributed by atoms with Crippen molar-refractivity contribution >= 4 is 11.3 Å². The predicted octanol–water partition coefficient (Wildman–Crippen LogP) is 1.93. The van der Waals surface area contributed by atoms with Crippen LogP contribution in [0.5, 0.6) is 0 Å². The first-order valence-electron chi connectivity index (χ1n) is 4.28. The first-order chi connectivity index (χ1) is 5.88. The van der Waals surface area contributed by atoms with Crippen LogP contribution in [-0.2, 0) is 4.74 Å². The van der Waals surface area contributed by atoms with E-state index in [2.05, 4.69) is 11.4 Å². The van der Waals surface area contributed by atoms with E-state index < -0.39 is 0 Å². The molecule has 12 heavy (non-hydrogen) atoms. The number of nitrogens with two attached hydrogens (primary N) is 1. The highest BCUT2D eigenvalue weighted by Gasteiger charge is 2.24. The van der Waals surface area contributed by atoms with E-state index in [0.29, 0.717) is 0 Å². The molecule has 2 nitrogen and oxygen atoms in total. The van der Waals surface area contributed by atoms with Crippen molar-refractivity contribution in [1.82, 2.24) is 0 Å². The lowest BCUT2D eigenvalue weighted by Crippen LogP contribution is -2.33. The second-order valence-electron chi connectivity index (χ2n) is 3.11. The summed E-state index contributed by atoms with van der Waals surface area (Å²) in [4.78, 5) is 1.27. The van der Waals surface area contributed by atoms with Crippen LogP contribution in [0.15, 0.2) is 17.5 Å². The second-order valence-corrected chi connectivity index (χ2v) is 4.09. The van der Waals surface area contributed by atoms with E-state index in [1.54, 1.807) is 11.3 Å². The number of thiophene rings is 1. The summed E-state index contributed by atoms with van der Waals surface area (Å²) in [5, 5.41) is 2.07. The SMILES string of the molecule is NC1CCCOC1c1cccs1. The molecule has 0 saturated carbocycles. The molecule has 2 heterocycles. The Morgan fingerprint density at radius 3 is 3.17 bits per heavy atom. The van der Waals surface area contributed by atoms with Gasteiger partial charge in [-0.3, -0.25) is 0 Å². The Morgan fingerprint density at radius 1 is 1.58 bits per heavy atom. The van der Waals surface area contributed by atoms with Crippen molar-refractivity contribution < 1.29 is 4.74 Å². The molecule has 1 aromatic heterocycles. The molecule has 2 atom stereocenters. The zero-order valence-corrected chi connectivity index (χ0v) is 7.72. The van der Waals surface area contributed by atoms with Crippen molar-refractivity contribution in [1.29, 1.82) is 0 Å². The molecule has 1 aliphatic rings. The van der Waals surface area contributed by atoms with Crippen LogP contribution in [0.3, 0.4) is 0 Å². The van der Waals surface area contributed by atoms with Gasteiger partial charge in [-0.1, -0.05) is 6.07 Å². The van der Waals surface area contributed by atoms with Crippen LogP contribution in [0, 0.1) is 0 Å². The average Bonchev–Trinajstić information content (AvgIpc) is 2.57. The van der Waals surface area contributed by atoms with Gasteiger partial charge in [0, 0.05) is 17.5 Å². The standard InChI is InChI=1S/C9H13NOS/c10-7-3-1-5-11-9(7)8-4-2-6-12-8/h2,4,6-7,9H,1,3,5,10H2. The predicted molar refractivity (Wildman–Crippen MR) is 50.2 cm³/mol. The summed E-state index contributed by atoms with van der Waals surface area (Å²) in [7, 11) is 0. The minimum Gasteiger partial charge on any atom is -0.371 e. The molecular weight excluding hydrogens is 170 g/mol. The largest absolute Gasteiger partial charge is 0.371 e. The van der Waals surface area contributed by atoms with E-state index in [4.69, 9.17) is 10.5 Å². The molecular formula is C9H13NOS. The van der Waals surface area contributed by atoms with Gasteiger partial charge < -0.3 is 10.5 Å². The Balaban J connectivity index is 2.11. The lowest BCUT2D eigenvalue weighted by molar-refractivity contribution is 0.00235. The Labute approximate surface area is 76.3 Å². The van der Waals surface area contributed by atoms with Gasteiger partial charge in [-0.2, -0.15) is 0 Å². The average molecular weight is 183 g/mol. The summed E-state index contributed by atoms with van der Waals surface area (Å²) in [6.07, 6.45) is 2.34. The van der Waals surface area contributed by atoms with Crippen LogP contribution in [0.1, 0.15) is 23.8 Å². The van der Waals surface area contributed by atoms with E-state index in [-0.39, 0.29) is 12.1 Å². The summed E-state index contributed by atoms with van der Waals surface area (Å²) < 4.78 is 5.62. The smallest absolute Gasteiger partial charge is 0.107 e. The molecule has 0 spiro atoms. The minimum absolute atomic E-state index is 0.152. The third kappa shape index (κ3) is 1.53. The lowest BCUT2D eigenvalue weighted by atomic mass is 10.0. The third-order valence-electron chi connectivity index (χ3n) is 2.19. The van der Waals surface area contributed by atoms with Gasteiger partial charge in [0.2, 0.25) is 0 Å². The molecule has 0 bridgehead atoms. The number of rotatable bonds is 1. The molecule has 0 aromatic carbocycles. The van der Waals surface area contributed by atoms with Crippen LogP contribution in [0.4, 0.5) is 0 Å². The zero-order valence-electron chi connectivity index (χ0n) is 6.90. The van der Waals surface area contributed by atoms with Crippen molar-refractivity contribution in [3.05, 3.63) is 22.4 Å². The highest BCUT2D eigenvalue weighted by molar-refractivity contribution is 7.10. The van der Waals surface area contributed by atoms with Gasteiger partial charge in [0.25, 0.3) is 0 Å². The fourth-order valence-corrected chi connectivity index (χ4v) is 2.40. The highest BCUT2D eigenvalue weighted by Crippen LogP contribution is 2.29. The van der Waals surface area contributed by atoms with Crippen molar-refractivity contribution in [2.24, 2.45) is 5.73 Å². The quantitative estimate of drug-likeness (QED) is 0.722. The molecule has 1 fully saturated rings. The molecule has 0 amide bonds. The van der Waals surface area contributed by atoms with Crippen LogP contribution in [-0.4, -0.2) is 12.6 Å². The summed E-state index contributed by atoms with van der Waals surface area (Å²) in [6, 6.07) is 4.34. The Hall–Kier alpha value is -0.380. The van der Waals surface area contributed by atoms with Gasteiger partial charge in [0.05, 0.1) is 0 Å². The second kappa shape index (κ2) is 3.56. The van der Waals surface area contributed by atoms with Gasteiger partial charge in [-0.05, 0) is 24.3 Å². The minimum atomic E-state index is 0.152. The topological polar surface area (TPSA) is 35.2 Å². The lowest BCUT2D eigenvalue weighted by Gasteiger charge is -2.27. The van der Waals surface area contributed by atoms with Gasteiger partial charge in [0.1, 0.15) is 6.10 Å². The van der Waals surface area contributed by atoms with Crippen LogP contribution < -0.4 is 5.73 Å². The molecule has 1 aliphatic heterocycles. The zero-order chi connectivity index (χ0) is 8.39. The van der Waals surface area contributed by atoms with Gasteiger partial charge >= 0.3 is 0 Å². The van der Waals surface area contributed by atoms with Crippen LogP contribution in [0.25, 0.3) is 0 Å². The molecule has 66 valence electrons. The summed E-state index contributed by atoms with van der Waals surface area (Å²) >= 11 is 1.73. The fraction of sp³-hybridized carbons (Fsp3) is 0.556. The van der Waals surface area contributed by atoms with Crippen molar-refractivity contribution in [2.45, 2.75) is 25.0 Å². The third-order valence-corrected chi connectivity index (χ3v) is 3.13. The Bertz CT molecular complexity index is 235. The van der Waals surface area contributed by atoms with Crippen molar-refractivity contribution in [3.63, 3.8) is 0 Å². The molecule has 1 aromatic rings. The van der Waals surface area contributed by atoms with Gasteiger partial charge in [-0.25, -0.2) is 0 Å². The normalized spacial score (nSPS) is 30.4. The molecule has 2 rings (SSSR count). The summed E-state index contributed by atoms with van der Waals surface area (Å²) in [5.74, 6) is 0. The maximum atomic E-state index is 5.95. The number of hydrogen-bond donors (Lipinski definition) is 1. The summed E-state index contributed by atoms with van der Waals surface area (Å²) in [5.41, 5.74) is 5.95. The Kier molecular flexibility index (Phi) is 2.44. The number of hydrogen-bond acceptors (Lipinski definition) is 3. The molecule has 0 radical (unpaired) electrons. The maximum absolute atomic E-state index is 5.95. The Morgan fingerprint density at radius 2 is 2.50 bits per heavy atom. The van der Waals surface area contributed by atoms with E-state index in [0.717, 1.165) is 19.4 Å². The van der Waals surface area contributed by atoms with E-state index >= 15 is 0 Å². The molecule has 2 N–H and O–H groups in total. The van der Waals surface area contributed by atoms with Gasteiger partial charge in [0.15, 0.2) is 0 Å². The van der Waals surface area contributed by atoms with Gasteiger partial charge in [-0.15, -0.1) is 11.3 Å². The molecule has 3 heteroatoms. The monoisotopic (exact) mass is 183 g/mol.